The first-order valence-corrected chi connectivity index (χ1v) is 11.2. The summed E-state index contributed by atoms with van der Waals surface area (Å²) in [5.41, 5.74) is 0.999. The first-order chi connectivity index (χ1) is 12.1. The van der Waals surface area contributed by atoms with Crippen molar-refractivity contribution in [3.8, 4) is 11.5 Å². The number of phenols is 2. The molecule has 0 amide bonds. The maximum atomic E-state index is 11.6. The van der Waals surface area contributed by atoms with Gasteiger partial charge in [0.2, 0.25) is 0 Å². The molecule has 26 heavy (non-hydrogen) atoms. The number of hydrogen-bond donors (Lipinski definition) is 4. The summed E-state index contributed by atoms with van der Waals surface area (Å²) < 4.78 is 1.71. The second-order valence-electron chi connectivity index (χ2n) is 5.20. The minimum atomic E-state index is -1.12. The standard InChI is InChI=1S/C16H10I4O6/c17-9-3-7(15(23)24)5(11(19)13(9)21)1-2-6-8(16(25)26)4-10(18)14(22)12(6)20/h3-4,21-22H,1-2H2,(H,23,24)(H,25,26). The number of carboxylic acid groups (broad SMARTS) is 2. The number of halogens is 4. The second kappa shape index (κ2) is 8.93. The van der Waals surface area contributed by atoms with E-state index in [1.54, 1.807) is 0 Å². The van der Waals surface area contributed by atoms with E-state index in [2.05, 4.69) is 0 Å². The van der Waals surface area contributed by atoms with Gasteiger partial charge in [0, 0.05) is 0 Å². The van der Waals surface area contributed by atoms with Crippen molar-refractivity contribution in [2.75, 3.05) is 0 Å². The molecule has 0 fully saturated rings. The molecule has 0 radical (unpaired) electrons. The van der Waals surface area contributed by atoms with Crippen molar-refractivity contribution >= 4 is 102 Å². The largest absolute Gasteiger partial charge is 0.506 e. The van der Waals surface area contributed by atoms with Gasteiger partial charge in [-0.2, -0.15) is 0 Å². The lowest BCUT2D eigenvalue weighted by molar-refractivity contribution is 0.0683. The van der Waals surface area contributed by atoms with Gasteiger partial charge in [0.15, 0.2) is 0 Å². The van der Waals surface area contributed by atoms with Crippen LogP contribution in [-0.2, 0) is 12.8 Å². The molecular weight excluding hydrogens is 796 g/mol. The van der Waals surface area contributed by atoms with E-state index in [0.717, 1.165) is 0 Å². The number of carboxylic acids is 2. The van der Waals surface area contributed by atoms with Crippen molar-refractivity contribution in [2.45, 2.75) is 12.8 Å². The SMILES string of the molecule is O=C(O)c1cc(I)c(O)c(I)c1CCc1c(C(=O)O)cc(I)c(O)c1I. The topological polar surface area (TPSA) is 115 Å². The molecule has 0 aliphatic carbocycles. The molecule has 138 valence electrons. The predicted octanol–water partition coefficient (Wildman–Crippen LogP) is 4.70. The third-order valence-electron chi connectivity index (χ3n) is 3.68. The molecule has 2 aromatic rings. The van der Waals surface area contributed by atoms with E-state index in [4.69, 9.17) is 0 Å². The Morgan fingerprint density at radius 3 is 1.31 bits per heavy atom. The molecule has 0 bridgehead atoms. The fourth-order valence-corrected chi connectivity index (χ4v) is 6.31. The quantitative estimate of drug-likeness (QED) is 0.326. The van der Waals surface area contributed by atoms with Gasteiger partial charge < -0.3 is 20.4 Å². The van der Waals surface area contributed by atoms with Crippen LogP contribution < -0.4 is 0 Å². The highest BCUT2D eigenvalue weighted by atomic mass is 127. The molecule has 4 N–H and O–H groups in total. The highest BCUT2D eigenvalue weighted by molar-refractivity contribution is 14.1. The molecule has 0 spiro atoms. The highest BCUT2D eigenvalue weighted by Gasteiger charge is 2.22. The zero-order chi connectivity index (χ0) is 19.8. The zero-order valence-electron chi connectivity index (χ0n) is 12.7. The maximum Gasteiger partial charge on any atom is 0.336 e. The van der Waals surface area contributed by atoms with Crippen LogP contribution in [0.1, 0.15) is 31.8 Å². The second-order valence-corrected chi connectivity index (χ2v) is 9.69. The van der Waals surface area contributed by atoms with Gasteiger partial charge in [-0.25, -0.2) is 9.59 Å². The summed E-state index contributed by atoms with van der Waals surface area (Å²) in [4.78, 5) is 23.1. The van der Waals surface area contributed by atoms with Crippen LogP contribution in [0.4, 0.5) is 0 Å². The number of rotatable bonds is 5. The van der Waals surface area contributed by atoms with E-state index >= 15 is 0 Å². The van der Waals surface area contributed by atoms with Crippen LogP contribution in [0.3, 0.4) is 0 Å². The van der Waals surface area contributed by atoms with Crippen LogP contribution in [-0.4, -0.2) is 32.4 Å². The Hall–Kier alpha value is -0.100. The molecule has 0 atom stereocenters. The Labute approximate surface area is 202 Å². The van der Waals surface area contributed by atoms with Crippen molar-refractivity contribution in [3.05, 3.63) is 48.7 Å². The number of hydrogen-bond acceptors (Lipinski definition) is 4. The van der Waals surface area contributed by atoms with Crippen LogP contribution in [0.2, 0.25) is 0 Å². The Bertz CT molecular complexity index is 850. The zero-order valence-corrected chi connectivity index (χ0v) is 21.3. The van der Waals surface area contributed by atoms with Crippen LogP contribution in [0.5, 0.6) is 11.5 Å². The number of carbonyl (C=O) groups is 2. The van der Waals surface area contributed by atoms with Gasteiger partial charge in [0.25, 0.3) is 0 Å². The van der Waals surface area contributed by atoms with Crippen molar-refractivity contribution < 1.29 is 30.0 Å². The number of phenolic OH excluding ortho intramolecular Hbond substituents is 2. The Morgan fingerprint density at radius 1 is 0.731 bits per heavy atom. The monoisotopic (exact) mass is 806 g/mol. The molecule has 0 heterocycles. The summed E-state index contributed by atoms with van der Waals surface area (Å²) in [6.07, 6.45) is 0.418. The summed E-state index contributed by atoms with van der Waals surface area (Å²) in [5.74, 6) is -2.22. The van der Waals surface area contributed by atoms with Gasteiger partial charge in [-0.15, -0.1) is 0 Å². The average molecular weight is 806 g/mol. The molecule has 2 aromatic carbocycles. The minimum Gasteiger partial charge on any atom is -0.506 e. The van der Waals surface area contributed by atoms with E-state index in [0.29, 0.717) is 25.4 Å². The fourth-order valence-electron chi connectivity index (χ4n) is 2.42. The highest BCUT2D eigenvalue weighted by Crippen LogP contribution is 2.35. The molecule has 0 aliphatic heterocycles. The number of aromatic carboxylic acids is 2. The lowest BCUT2D eigenvalue weighted by Gasteiger charge is -2.15. The smallest absolute Gasteiger partial charge is 0.336 e. The van der Waals surface area contributed by atoms with E-state index in [-0.39, 0.29) is 35.5 Å². The molecule has 0 saturated heterocycles. The lowest BCUT2D eigenvalue weighted by atomic mass is 9.96. The normalized spacial score (nSPS) is 10.8. The molecule has 6 nitrogen and oxygen atoms in total. The predicted molar refractivity (Wildman–Crippen MR) is 128 cm³/mol. The van der Waals surface area contributed by atoms with E-state index in [1.807, 2.05) is 90.4 Å². The van der Waals surface area contributed by atoms with E-state index in [1.165, 1.54) is 12.1 Å². The number of aromatic hydroxyl groups is 2. The van der Waals surface area contributed by atoms with Crippen molar-refractivity contribution in [1.82, 2.24) is 0 Å². The van der Waals surface area contributed by atoms with Gasteiger partial charge in [0.05, 0.1) is 25.4 Å². The first-order valence-electron chi connectivity index (χ1n) is 6.92. The third-order valence-corrected chi connectivity index (χ3v) is 7.64. The first kappa shape index (κ1) is 22.2. The molecule has 0 aromatic heterocycles. The molecule has 0 aliphatic rings. The molecule has 0 saturated carbocycles. The number of benzene rings is 2. The van der Waals surface area contributed by atoms with Crippen LogP contribution in [0.25, 0.3) is 0 Å². The molecule has 10 heteroatoms. The average Bonchev–Trinajstić information content (AvgIpc) is 2.57. The molecular formula is C16H10I4O6. The Kier molecular flexibility index (Phi) is 7.63. The fraction of sp³-hybridized carbons (Fsp3) is 0.125. The van der Waals surface area contributed by atoms with Gasteiger partial charge in [-0.3, -0.25) is 0 Å². The summed E-state index contributed by atoms with van der Waals surface area (Å²) in [7, 11) is 0. The lowest BCUT2D eigenvalue weighted by Crippen LogP contribution is -2.11. The third kappa shape index (κ3) is 4.48. The van der Waals surface area contributed by atoms with Crippen LogP contribution >= 0.6 is 90.4 Å². The Morgan fingerprint density at radius 2 is 1.04 bits per heavy atom. The summed E-state index contributed by atoms with van der Waals surface area (Å²) in [5, 5.41) is 39.2. The van der Waals surface area contributed by atoms with Gasteiger partial charge in [-0.1, -0.05) is 0 Å². The van der Waals surface area contributed by atoms with Gasteiger partial charge >= 0.3 is 11.9 Å². The maximum absolute atomic E-state index is 11.6. The summed E-state index contributed by atoms with van der Waals surface area (Å²) in [6.45, 7) is 0. The minimum absolute atomic E-state index is 0.00446. The van der Waals surface area contributed by atoms with E-state index < -0.39 is 11.9 Å². The molecule has 2 rings (SSSR count). The molecule has 0 unspecified atom stereocenters. The van der Waals surface area contributed by atoms with Crippen LogP contribution in [0.15, 0.2) is 12.1 Å². The van der Waals surface area contributed by atoms with Crippen molar-refractivity contribution in [2.24, 2.45) is 0 Å². The van der Waals surface area contributed by atoms with E-state index in [9.17, 15) is 30.0 Å². The van der Waals surface area contributed by atoms with Gasteiger partial charge in [0.1, 0.15) is 11.5 Å². The Balaban J connectivity index is 2.54. The summed E-state index contributed by atoms with van der Waals surface area (Å²) >= 11 is 7.50. The van der Waals surface area contributed by atoms with Crippen LogP contribution in [0, 0.1) is 14.3 Å². The van der Waals surface area contributed by atoms with Crippen molar-refractivity contribution in [1.29, 1.82) is 0 Å². The summed E-state index contributed by atoms with van der Waals surface area (Å²) in [6, 6.07) is 2.79. The van der Waals surface area contributed by atoms with Gasteiger partial charge in [-0.05, 0) is 126 Å². The van der Waals surface area contributed by atoms with Crippen molar-refractivity contribution in [3.63, 3.8) is 0 Å².